The minimum Gasteiger partial charge on any atom is -0.507 e. The zero-order valence-electron chi connectivity index (χ0n) is 16.8. The number of rotatable bonds is 5. The van der Waals surface area contributed by atoms with Gasteiger partial charge in [0, 0.05) is 22.1 Å². The number of halogens is 1. The summed E-state index contributed by atoms with van der Waals surface area (Å²) in [5, 5.41) is 18.2. The Morgan fingerprint density at radius 3 is 2.62 bits per heavy atom. The molecule has 2 heterocycles. The first kappa shape index (κ1) is 19.7. The molecule has 5 nitrogen and oxygen atoms in total. The van der Waals surface area contributed by atoms with Crippen molar-refractivity contribution in [2.24, 2.45) is 0 Å². The van der Waals surface area contributed by atoms with Crippen LogP contribution in [0.25, 0.3) is 11.3 Å². The second kappa shape index (κ2) is 7.67. The van der Waals surface area contributed by atoms with Gasteiger partial charge in [-0.05, 0) is 55.2 Å². The third kappa shape index (κ3) is 3.35. The van der Waals surface area contributed by atoms with Crippen molar-refractivity contribution in [3.8, 4) is 17.0 Å². The Morgan fingerprint density at radius 2 is 1.93 bits per heavy atom. The molecule has 3 aromatic rings. The molecule has 2 aromatic carbocycles. The number of fused-ring (bicyclic) bond motifs is 1. The molecular formula is C23H24BrN3O2. The van der Waals surface area contributed by atoms with E-state index >= 15 is 0 Å². The number of aryl methyl sites for hydroxylation is 2. The number of nitrogens with zero attached hydrogens (tertiary/aromatic N) is 2. The number of nitrogens with one attached hydrogen (secondary N) is 1. The van der Waals surface area contributed by atoms with Gasteiger partial charge in [-0.3, -0.25) is 9.89 Å². The van der Waals surface area contributed by atoms with Crippen LogP contribution in [0.2, 0.25) is 0 Å². The van der Waals surface area contributed by atoms with Crippen molar-refractivity contribution in [2.45, 2.75) is 39.7 Å². The van der Waals surface area contributed by atoms with Crippen LogP contribution < -0.4 is 0 Å². The molecule has 4 rings (SSSR count). The second-order valence-electron chi connectivity index (χ2n) is 7.65. The molecule has 6 heteroatoms. The van der Waals surface area contributed by atoms with E-state index < -0.39 is 0 Å². The molecule has 1 amide bonds. The van der Waals surface area contributed by atoms with Gasteiger partial charge < -0.3 is 10.0 Å². The highest BCUT2D eigenvalue weighted by Crippen LogP contribution is 2.45. The highest BCUT2D eigenvalue weighted by atomic mass is 79.9. The number of unbranched alkanes of at least 4 members (excludes halogenated alkanes) is 1. The molecule has 1 atom stereocenters. The number of aromatic nitrogens is 2. The van der Waals surface area contributed by atoms with Crippen molar-refractivity contribution in [3.05, 3.63) is 68.8 Å². The third-order valence-electron chi connectivity index (χ3n) is 5.50. The summed E-state index contributed by atoms with van der Waals surface area (Å²) in [5.41, 5.74) is 5.53. The first-order chi connectivity index (χ1) is 13.9. The van der Waals surface area contributed by atoms with Crippen LogP contribution in [-0.4, -0.2) is 32.7 Å². The van der Waals surface area contributed by atoms with E-state index in [1.807, 2.05) is 55.1 Å². The van der Waals surface area contributed by atoms with Crippen molar-refractivity contribution in [3.63, 3.8) is 0 Å². The zero-order valence-corrected chi connectivity index (χ0v) is 18.4. The van der Waals surface area contributed by atoms with Crippen molar-refractivity contribution < 1.29 is 9.90 Å². The number of benzene rings is 2. The molecule has 0 fully saturated rings. The molecule has 29 heavy (non-hydrogen) atoms. The number of phenolic OH excluding ortho intramolecular Hbond substituents is 1. The molecule has 1 aliphatic rings. The van der Waals surface area contributed by atoms with Crippen molar-refractivity contribution in [2.75, 3.05) is 6.54 Å². The van der Waals surface area contributed by atoms with Crippen LogP contribution in [-0.2, 0) is 0 Å². The van der Waals surface area contributed by atoms with Gasteiger partial charge in [0.2, 0.25) is 0 Å². The number of carbonyl (C=O) groups is 1. The van der Waals surface area contributed by atoms with Crippen molar-refractivity contribution >= 4 is 21.8 Å². The predicted octanol–water partition coefficient (Wildman–Crippen LogP) is 5.51. The van der Waals surface area contributed by atoms with Crippen LogP contribution in [0.15, 0.2) is 40.9 Å². The Morgan fingerprint density at radius 1 is 1.21 bits per heavy atom. The maximum Gasteiger partial charge on any atom is 0.273 e. The largest absolute Gasteiger partial charge is 0.507 e. The van der Waals surface area contributed by atoms with Gasteiger partial charge in [-0.2, -0.15) is 5.10 Å². The fraction of sp³-hybridized carbons (Fsp3) is 0.304. The number of H-pyrrole nitrogens is 1. The van der Waals surface area contributed by atoms with Gasteiger partial charge in [-0.1, -0.05) is 47.5 Å². The number of amides is 1. The summed E-state index contributed by atoms with van der Waals surface area (Å²) in [6.07, 6.45) is 1.94. The van der Waals surface area contributed by atoms with Crippen LogP contribution >= 0.6 is 15.9 Å². The quantitative estimate of drug-likeness (QED) is 0.535. The Labute approximate surface area is 178 Å². The van der Waals surface area contributed by atoms with Crippen LogP contribution in [0, 0.1) is 13.8 Å². The number of phenols is 1. The number of hydrogen-bond donors (Lipinski definition) is 2. The predicted molar refractivity (Wildman–Crippen MR) is 117 cm³/mol. The first-order valence-electron chi connectivity index (χ1n) is 9.87. The molecular weight excluding hydrogens is 430 g/mol. The van der Waals surface area contributed by atoms with E-state index in [0.717, 1.165) is 39.6 Å². The normalized spacial score (nSPS) is 15.8. The van der Waals surface area contributed by atoms with Crippen LogP contribution in [0.5, 0.6) is 5.75 Å². The lowest BCUT2D eigenvalue weighted by Gasteiger charge is -2.26. The van der Waals surface area contributed by atoms with E-state index in [1.165, 1.54) is 0 Å². The van der Waals surface area contributed by atoms with E-state index in [9.17, 15) is 9.90 Å². The van der Waals surface area contributed by atoms with Gasteiger partial charge in [0.05, 0.1) is 6.04 Å². The molecule has 1 aliphatic heterocycles. The van der Waals surface area contributed by atoms with E-state index in [-0.39, 0.29) is 17.7 Å². The molecule has 150 valence electrons. The SMILES string of the molecule is CCCCN1C(=O)c2[nH]nc(-c3cc(C)cc(C)c3O)c2C1c1ccc(Br)cc1. The lowest BCUT2D eigenvalue weighted by Crippen LogP contribution is -2.30. The maximum absolute atomic E-state index is 13.2. The monoisotopic (exact) mass is 453 g/mol. The van der Waals surface area contributed by atoms with E-state index in [1.54, 1.807) is 0 Å². The van der Waals surface area contributed by atoms with Gasteiger partial charge in [0.25, 0.3) is 5.91 Å². The maximum atomic E-state index is 13.2. The summed E-state index contributed by atoms with van der Waals surface area (Å²) in [5.74, 6) is 0.169. The van der Waals surface area contributed by atoms with Gasteiger partial charge in [0.1, 0.15) is 17.1 Å². The highest BCUT2D eigenvalue weighted by Gasteiger charge is 2.42. The Balaban J connectivity index is 1.91. The standard InChI is InChI=1S/C23H24BrN3O2/c1-4-5-10-27-21(15-6-8-16(24)9-7-15)18-19(25-26-20(18)23(27)29)17-12-13(2)11-14(3)22(17)28/h6-9,11-12,21,28H,4-5,10H2,1-3H3,(H,25,26). The lowest BCUT2D eigenvalue weighted by atomic mass is 9.94. The van der Waals surface area contributed by atoms with E-state index in [4.69, 9.17) is 0 Å². The minimum absolute atomic E-state index is 0.0380. The van der Waals surface area contributed by atoms with Gasteiger partial charge in [-0.15, -0.1) is 0 Å². The van der Waals surface area contributed by atoms with E-state index in [2.05, 4.69) is 33.1 Å². The smallest absolute Gasteiger partial charge is 0.273 e. The van der Waals surface area contributed by atoms with E-state index in [0.29, 0.717) is 23.5 Å². The summed E-state index contributed by atoms with van der Waals surface area (Å²) < 4.78 is 0.991. The average molecular weight is 454 g/mol. The molecule has 2 N–H and O–H groups in total. The molecule has 0 bridgehead atoms. The average Bonchev–Trinajstić information content (AvgIpc) is 3.23. The van der Waals surface area contributed by atoms with Gasteiger partial charge in [0.15, 0.2) is 0 Å². The lowest BCUT2D eigenvalue weighted by molar-refractivity contribution is 0.0741. The molecule has 1 aromatic heterocycles. The van der Waals surface area contributed by atoms with Gasteiger partial charge >= 0.3 is 0 Å². The summed E-state index contributed by atoms with van der Waals surface area (Å²) in [4.78, 5) is 15.1. The highest BCUT2D eigenvalue weighted by molar-refractivity contribution is 9.10. The van der Waals surface area contributed by atoms with Crippen molar-refractivity contribution in [1.82, 2.24) is 15.1 Å². The summed E-state index contributed by atoms with van der Waals surface area (Å²) in [6.45, 7) is 6.67. The minimum atomic E-state index is -0.230. The fourth-order valence-corrected chi connectivity index (χ4v) is 4.36. The number of carbonyl (C=O) groups excluding carboxylic acids is 1. The summed E-state index contributed by atoms with van der Waals surface area (Å²) in [7, 11) is 0. The first-order valence-corrected chi connectivity index (χ1v) is 10.7. The van der Waals surface area contributed by atoms with Crippen LogP contribution in [0.4, 0.5) is 0 Å². The number of hydrogen-bond acceptors (Lipinski definition) is 3. The molecule has 0 spiro atoms. The van der Waals surface area contributed by atoms with Crippen molar-refractivity contribution in [1.29, 1.82) is 0 Å². The molecule has 0 radical (unpaired) electrons. The van der Waals surface area contributed by atoms with Gasteiger partial charge in [-0.25, -0.2) is 0 Å². The number of aromatic amines is 1. The van der Waals surface area contributed by atoms with Crippen LogP contribution in [0.1, 0.15) is 58.5 Å². The summed E-state index contributed by atoms with van der Waals surface area (Å²) in [6, 6.07) is 11.7. The Hall–Kier alpha value is -2.60. The van der Waals surface area contributed by atoms with Crippen LogP contribution in [0.3, 0.4) is 0 Å². The topological polar surface area (TPSA) is 69.2 Å². The third-order valence-corrected chi connectivity index (χ3v) is 6.03. The Bertz CT molecular complexity index is 1070. The molecule has 1 unspecified atom stereocenters. The second-order valence-corrected chi connectivity index (χ2v) is 8.56. The molecule has 0 aliphatic carbocycles. The fourth-order valence-electron chi connectivity index (χ4n) is 4.09. The molecule has 0 saturated carbocycles. The summed E-state index contributed by atoms with van der Waals surface area (Å²) >= 11 is 3.49. The zero-order chi connectivity index (χ0) is 20.7. The number of aromatic hydroxyl groups is 1. The molecule has 0 saturated heterocycles. The Kier molecular flexibility index (Phi) is 5.21.